The SMILES string of the molecule is C[C@H]1c2nc(-c3ccccc3)nn2CCN1C(=O)c1cccc2c1CCC2=O. The van der Waals surface area contributed by atoms with Crippen molar-refractivity contribution in [2.24, 2.45) is 0 Å². The number of aromatic nitrogens is 3. The number of carbonyl (C=O) groups excluding carboxylic acids is 2. The van der Waals surface area contributed by atoms with Crippen LogP contribution in [-0.2, 0) is 13.0 Å². The van der Waals surface area contributed by atoms with Gasteiger partial charge >= 0.3 is 0 Å². The smallest absolute Gasteiger partial charge is 0.254 e. The Morgan fingerprint density at radius 2 is 1.86 bits per heavy atom. The average molecular weight is 372 g/mol. The highest BCUT2D eigenvalue weighted by Gasteiger charge is 2.33. The topological polar surface area (TPSA) is 68.1 Å². The molecule has 6 heteroatoms. The van der Waals surface area contributed by atoms with E-state index in [2.05, 4.69) is 5.10 Å². The van der Waals surface area contributed by atoms with Crippen molar-refractivity contribution in [3.05, 3.63) is 71.0 Å². The molecule has 5 rings (SSSR count). The van der Waals surface area contributed by atoms with Gasteiger partial charge in [0.1, 0.15) is 5.82 Å². The molecule has 0 saturated carbocycles. The van der Waals surface area contributed by atoms with E-state index in [0.29, 0.717) is 42.9 Å². The molecule has 0 bridgehead atoms. The van der Waals surface area contributed by atoms with Crippen LogP contribution in [0.4, 0.5) is 0 Å². The normalized spacial score (nSPS) is 18.1. The maximum atomic E-state index is 13.3. The Morgan fingerprint density at radius 3 is 2.68 bits per heavy atom. The molecular formula is C22H20N4O2. The summed E-state index contributed by atoms with van der Waals surface area (Å²) in [4.78, 5) is 31.9. The van der Waals surface area contributed by atoms with Gasteiger partial charge in [-0.1, -0.05) is 42.5 Å². The van der Waals surface area contributed by atoms with Gasteiger partial charge in [0.15, 0.2) is 11.6 Å². The quantitative estimate of drug-likeness (QED) is 0.692. The summed E-state index contributed by atoms with van der Waals surface area (Å²) in [5.41, 5.74) is 3.20. The fourth-order valence-electron chi connectivity index (χ4n) is 4.20. The van der Waals surface area contributed by atoms with E-state index >= 15 is 0 Å². The number of benzene rings is 2. The third-order valence-electron chi connectivity index (χ3n) is 5.70. The third kappa shape index (κ3) is 2.56. The van der Waals surface area contributed by atoms with Crippen molar-refractivity contribution in [3.63, 3.8) is 0 Å². The fraction of sp³-hybridized carbons (Fsp3) is 0.273. The van der Waals surface area contributed by atoms with Crippen molar-refractivity contribution in [2.45, 2.75) is 32.4 Å². The predicted molar refractivity (Wildman–Crippen MR) is 104 cm³/mol. The highest BCUT2D eigenvalue weighted by atomic mass is 16.2. The summed E-state index contributed by atoms with van der Waals surface area (Å²) in [5.74, 6) is 1.57. The minimum Gasteiger partial charge on any atom is -0.327 e. The van der Waals surface area contributed by atoms with E-state index in [4.69, 9.17) is 4.98 Å². The van der Waals surface area contributed by atoms with Crippen molar-refractivity contribution in [1.82, 2.24) is 19.7 Å². The van der Waals surface area contributed by atoms with Gasteiger partial charge < -0.3 is 4.90 Å². The van der Waals surface area contributed by atoms with E-state index in [9.17, 15) is 9.59 Å². The molecule has 0 N–H and O–H groups in total. The molecule has 2 heterocycles. The molecule has 1 atom stereocenters. The summed E-state index contributed by atoms with van der Waals surface area (Å²) < 4.78 is 1.90. The van der Waals surface area contributed by atoms with Gasteiger partial charge in [0.25, 0.3) is 5.91 Å². The van der Waals surface area contributed by atoms with Crippen LogP contribution < -0.4 is 0 Å². The summed E-state index contributed by atoms with van der Waals surface area (Å²) in [6.45, 7) is 3.17. The summed E-state index contributed by atoms with van der Waals surface area (Å²) in [7, 11) is 0. The Morgan fingerprint density at radius 1 is 1.04 bits per heavy atom. The minimum absolute atomic E-state index is 0.0328. The van der Waals surface area contributed by atoms with E-state index < -0.39 is 0 Å². The van der Waals surface area contributed by atoms with Gasteiger partial charge in [-0.2, -0.15) is 5.10 Å². The molecule has 1 aliphatic heterocycles. The summed E-state index contributed by atoms with van der Waals surface area (Å²) >= 11 is 0. The van der Waals surface area contributed by atoms with E-state index in [1.807, 2.05) is 59.0 Å². The molecule has 0 spiro atoms. The second-order valence-electron chi connectivity index (χ2n) is 7.31. The zero-order valence-corrected chi connectivity index (χ0v) is 15.6. The maximum Gasteiger partial charge on any atom is 0.254 e. The van der Waals surface area contributed by atoms with Crippen LogP contribution >= 0.6 is 0 Å². The Balaban J connectivity index is 1.47. The number of fused-ring (bicyclic) bond motifs is 2. The first-order chi connectivity index (χ1) is 13.6. The van der Waals surface area contributed by atoms with Crippen LogP contribution in [0.2, 0.25) is 0 Å². The molecule has 1 amide bonds. The molecule has 2 aliphatic rings. The van der Waals surface area contributed by atoms with Crippen LogP contribution in [0.15, 0.2) is 48.5 Å². The van der Waals surface area contributed by atoms with Crippen molar-refractivity contribution in [1.29, 1.82) is 0 Å². The maximum absolute atomic E-state index is 13.3. The van der Waals surface area contributed by atoms with Gasteiger partial charge in [-0.05, 0) is 25.0 Å². The van der Waals surface area contributed by atoms with E-state index in [1.54, 1.807) is 6.07 Å². The molecule has 0 radical (unpaired) electrons. The second kappa shape index (κ2) is 6.41. The molecule has 2 aromatic carbocycles. The number of carbonyl (C=O) groups is 2. The van der Waals surface area contributed by atoms with E-state index in [-0.39, 0.29) is 17.7 Å². The van der Waals surface area contributed by atoms with Crippen LogP contribution in [0.5, 0.6) is 0 Å². The largest absolute Gasteiger partial charge is 0.327 e. The minimum atomic E-state index is -0.181. The first-order valence-corrected chi connectivity index (χ1v) is 9.59. The van der Waals surface area contributed by atoms with Crippen molar-refractivity contribution in [3.8, 4) is 11.4 Å². The Hall–Kier alpha value is -3.28. The molecule has 0 fully saturated rings. The molecule has 0 saturated heterocycles. The molecule has 6 nitrogen and oxygen atoms in total. The average Bonchev–Trinajstić information content (AvgIpc) is 3.33. The molecule has 1 aliphatic carbocycles. The third-order valence-corrected chi connectivity index (χ3v) is 5.70. The first-order valence-electron chi connectivity index (χ1n) is 9.59. The Bertz CT molecular complexity index is 1090. The van der Waals surface area contributed by atoms with Crippen LogP contribution in [0.3, 0.4) is 0 Å². The number of Topliss-reactive ketones (excluding diaryl/α,β-unsaturated/α-hetero) is 1. The van der Waals surface area contributed by atoms with Gasteiger partial charge in [0.05, 0.1) is 12.6 Å². The van der Waals surface area contributed by atoms with Gasteiger partial charge in [-0.25, -0.2) is 9.67 Å². The zero-order chi connectivity index (χ0) is 19.3. The molecule has 0 unspecified atom stereocenters. The summed E-state index contributed by atoms with van der Waals surface area (Å²) in [6.07, 6.45) is 1.14. The summed E-state index contributed by atoms with van der Waals surface area (Å²) in [5, 5.41) is 4.63. The lowest BCUT2D eigenvalue weighted by Gasteiger charge is -2.33. The lowest BCUT2D eigenvalue weighted by atomic mass is 10.0. The predicted octanol–water partition coefficient (Wildman–Crippen LogP) is 3.29. The Kier molecular flexibility index (Phi) is 3.86. The lowest BCUT2D eigenvalue weighted by Crippen LogP contribution is -2.41. The number of amides is 1. The van der Waals surface area contributed by atoms with Crippen molar-refractivity contribution >= 4 is 11.7 Å². The van der Waals surface area contributed by atoms with Crippen molar-refractivity contribution < 1.29 is 9.59 Å². The number of rotatable bonds is 2. The highest BCUT2D eigenvalue weighted by Crippen LogP contribution is 2.31. The number of nitrogens with zero attached hydrogens (tertiary/aromatic N) is 4. The highest BCUT2D eigenvalue weighted by molar-refractivity contribution is 6.05. The van der Waals surface area contributed by atoms with Crippen LogP contribution in [0.25, 0.3) is 11.4 Å². The van der Waals surface area contributed by atoms with Crippen LogP contribution in [0.1, 0.15) is 51.5 Å². The molecular weight excluding hydrogens is 352 g/mol. The molecule has 140 valence electrons. The molecule has 3 aromatic rings. The second-order valence-corrected chi connectivity index (χ2v) is 7.31. The number of ketones is 1. The monoisotopic (exact) mass is 372 g/mol. The van der Waals surface area contributed by atoms with Gasteiger partial charge in [-0.15, -0.1) is 0 Å². The Labute approximate surface area is 162 Å². The standard InChI is InChI=1S/C22H20N4O2/c1-14-21-23-20(15-6-3-2-4-7-15)24-26(21)13-12-25(14)22(28)18-9-5-8-17-16(18)10-11-19(17)27/h2-9,14H,10-13H2,1H3/t14-/m0/s1. The lowest BCUT2D eigenvalue weighted by molar-refractivity contribution is 0.0629. The number of hydrogen-bond acceptors (Lipinski definition) is 4. The van der Waals surface area contributed by atoms with Gasteiger partial charge in [0, 0.05) is 29.7 Å². The first kappa shape index (κ1) is 16.9. The van der Waals surface area contributed by atoms with Gasteiger partial charge in [-0.3, -0.25) is 9.59 Å². The molecule has 28 heavy (non-hydrogen) atoms. The molecule has 1 aromatic heterocycles. The summed E-state index contributed by atoms with van der Waals surface area (Å²) in [6, 6.07) is 15.1. The number of hydrogen-bond donors (Lipinski definition) is 0. The van der Waals surface area contributed by atoms with Crippen LogP contribution in [-0.4, -0.2) is 37.9 Å². The van der Waals surface area contributed by atoms with Gasteiger partial charge in [0.2, 0.25) is 0 Å². The fourth-order valence-corrected chi connectivity index (χ4v) is 4.20. The van der Waals surface area contributed by atoms with Crippen molar-refractivity contribution in [2.75, 3.05) is 6.54 Å². The van der Waals surface area contributed by atoms with E-state index in [1.165, 1.54) is 0 Å². The zero-order valence-electron chi connectivity index (χ0n) is 15.6. The van der Waals surface area contributed by atoms with Crippen LogP contribution in [0, 0.1) is 0 Å². The van der Waals surface area contributed by atoms with E-state index in [0.717, 1.165) is 17.0 Å².